The van der Waals surface area contributed by atoms with Crippen LogP contribution in [0.1, 0.15) is 23.7 Å². The largest absolute Gasteiger partial charge is 0.339 e. The summed E-state index contributed by atoms with van der Waals surface area (Å²) in [6.45, 7) is 2.00. The molecular formula is C21H19ClN6O2S. The number of thioether (sulfide) groups is 1. The predicted molar refractivity (Wildman–Crippen MR) is 119 cm³/mol. The number of halogens is 1. The molecule has 0 spiro atoms. The van der Waals surface area contributed by atoms with E-state index in [1.54, 1.807) is 12.1 Å². The Bertz CT molecular complexity index is 1160. The van der Waals surface area contributed by atoms with Gasteiger partial charge in [0.15, 0.2) is 11.6 Å². The lowest BCUT2D eigenvalue weighted by molar-refractivity contribution is -0.116. The molecule has 0 bridgehead atoms. The van der Waals surface area contributed by atoms with Crippen LogP contribution in [0.15, 0.2) is 58.2 Å². The van der Waals surface area contributed by atoms with E-state index in [-0.39, 0.29) is 12.3 Å². The number of hydrogen-bond acceptors (Lipinski definition) is 7. The molecule has 0 atom stereocenters. The van der Waals surface area contributed by atoms with Gasteiger partial charge in [0.2, 0.25) is 17.0 Å². The van der Waals surface area contributed by atoms with Crippen molar-refractivity contribution in [3.8, 4) is 11.4 Å². The van der Waals surface area contributed by atoms with Gasteiger partial charge in [-0.3, -0.25) is 9.89 Å². The van der Waals surface area contributed by atoms with Gasteiger partial charge in [0.05, 0.1) is 5.75 Å². The molecule has 10 heteroatoms. The van der Waals surface area contributed by atoms with Crippen LogP contribution in [-0.2, 0) is 17.0 Å². The highest BCUT2D eigenvalue weighted by Gasteiger charge is 2.12. The SMILES string of the molecule is Cc1ccc(NC(=O)CCc2nc(CSc3n[nH]c(-c4ccc(Cl)cc4)n3)no2)cc1. The second-order valence-corrected chi connectivity index (χ2v) is 8.16. The topological polar surface area (TPSA) is 110 Å². The number of rotatable bonds is 8. The number of carbonyl (C=O) groups is 1. The Labute approximate surface area is 187 Å². The minimum Gasteiger partial charge on any atom is -0.339 e. The molecule has 0 saturated heterocycles. The third-order valence-corrected chi connectivity index (χ3v) is 5.42. The third kappa shape index (κ3) is 5.93. The first-order valence-electron chi connectivity index (χ1n) is 9.54. The average molecular weight is 455 g/mol. The van der Waals surface area contributed by atoms with E-state index in [9.17, 15) is 4.79 Å². The van der Waals surface area contributed by atoms with Crippen LogP contribution in [0, 0.1) is 6.92 Å². The number of benzene rings is 2. The van der Waals surface area contributed by atoms with Crippen molar-refractivity contribution in [3.05, 3.63) is 70.8 Å². The summed E-state index contributed by atoms with van der Waals surface area (Å²) in [7, 11) is 0. The Morgan fingerprint density at radius 2 is 1.90 bits per heavy atom. The first-order valence-corrected chi connectivity index (χ1v) is 10.9. The van der Waals surface area contributed by atoms with E-state index in [1.165, 1.54) is 11.8 Å². The number of aromatic nitrogens is 5. The van der Waals surface area contributed by atoms with Gasteiger partial charge < -0.3 is 9.84 Å². The van der Waals surface area contributed by atoms with Gasteiger partial charge in [-0.25, -0.2) is 4.98 Å². The van der Waals surface area contributed by atoms with Crippen LogP contribution in [-0.4, -0.2) is 31.2 Å². The molecular weight excluding hydrogens is 436 g/mol. The zero-order chi connectivity index (χ0) is 21.6. The molecule has 4 rings (SSSR count). The standard InChI is InChI=1S/C21H19ClN6O2S/c1-13-2-8-16(9-3-13)23-18(29)10-11-19-24-17(28-30-19)12-31-21-25-20(26-27-21)14-4-6-15(22)7-5-14/h2-9H,10-12H2,1H3,(H,23,29)(H,25,26,27). The molecule has 2 aromatic heterocycles. The third-order valence-electron chi connectivity index (χ3n) is 4.32. The lowest BCUT2D eigenvalue weighted by atomic mass is 10.2. The quantitative estimate of drug-likeness (QED) is 0.372. The fourth-order valence-electron chi connectivity index (χ4n) is 2.71. The lowest BCUT2D eigenvalue weighted by Crippen LogP contribution is -2.12. The van der Waals surface area contributed by atoms with Crippen molar-refractivity contribution < 1.29 is 9.32 Å². The van der Waals surface area contributed by atoms with Gasteiger partial charge in [-0.1, -0.05) is 46.2 Å². The smallest absolute Gasteiger partial charge is 0.227 e. The maximum atomic E-state index is 12.1. The number of H-pyrrole nitrogens is 1. The minimum absolute atomic E-state index is 0.103. The van der Waals surface area contributed by atoms with Crippen LogP contribution < -0.4 is 5.32 Å². The molecule has 2 heterocycles. The van der Waals surface area contributed by atoms with E-state index in [2.05, 4.69) is 30.6 Å². The van der Waals surface area contributed by atoms with Crippen molar-refractivity contribution in [2.45, 2.75) is 30.7 Å². The van der Waals surface area contributed by atoms with E-state index in [4.69, 9.17) is 16.1 Å². The Morgan fingerprint density at radius 1 is 1.13 bits per heavy atom. The van der Waals surface area contributed by atoms with E-state index in [1.807, 2.05) is 43.3 Å². The highest BCUT2D eigenvalue weighted by atomic mass is 35.5. The molecule has 158 valence electrons. The van der Waals surface area contributed by atoms with Crippen molar-refractivity contribution in [2.24, 2.45) is 0 Å². The molecule has 0 radical (unpaired) electrons. The van der Waals surface area contributed by atoms with E-state index in [0.717, 1.165) is 16.8 Å². The molecule has 0 aliphatic heterocycles. The molecule has 0 saturated carbocycles. The van der Waals surface area contributed by atoms with E-state index in [0.29, 0.717) is 39.9 Å². The van der Waals surface area contributed by atoms with Crippen LogP contribution in [0.5, 0.6) is 0 Å². The number of anilines is 1. The molecule has 0 unspecified atom stereocenters. The maximum Gasteiger partial charge on any atom is 0.227 e. The predicted octanol–water partition coefficient (Wildman–Crippen LogP) is 4.68. The fourth-order valence-corrected chi connectivity index (χ4v) is 3.48. The van der Waals surface area contributed by atoms with Crippen LogP contribution in [0.4, 0.5) is 5.69 Å². The second-order valence-electron chi connectivity index (χ2n) is 6.78. The number of aryl methyl sites for hydroxylation is 2. The Hall–Kier alpha value is -3.17. The second kappa shape index (κ2) is 9.76. The molecule has 1 amide bonds. The number of hydrogen-bond donors (Lipinski definition) is 2. The molecule has 0 fully saturated rings. The van der Waals surface area contributed by atoms with Gasteiger partial charge in [-0.2, -0.15) is 4.98 Å². The van der Waals surface area contributed by atoms with Crippen LogP contribution in [0.3, 0.4) is 0 Å². The molecule has 8 nitrogen and oxygen atoms in total. The maximum absolute atomic E-state index is 12.1. The van der Waals surface area contributed by atoms with Crippen molar-refractivity contribution in [2.75, 3.05) is 5.32 Å². The Morgan fingerprint density at radius 3 is 2.68 bits per heavy atom. The van der Waals surface area contributed by atoms with Crippen LogP contribution >= 0.6 is 23.4 Å². The van der Waals surface area contributed by atoms with Crippen molar-refractivity contribution in [1.82, 2.24) is 25.3 Å². The van der Waals surface area contributed by atoms with Gasteiger partial charge in [0.1, 0.15) is 0 Å². The summed E-state index contributed by atoms with van der Waals surface area (Å²) in [6, 6.07) is 15.0. The summed E-state index contributed by atoms with van der Waals surface area (Å²) in [5, 5.41) is 15.2. The highest BCUT2D eigenvalue weighted by molar-refractivity contribution is 7.98. The number of nitrogens with zero attached hydrogens (tertiary/aromatic N) is 4. The highest BCUT2D eigenvalue weighted by Crippen LogP contribution is 2.22. The van der Waals surface area contributed by atoms with Gasteiger partial charge in [-0.05, 0) is 43.3 Å². The number of aromatic amines is 1. The molecule has 2 aromatic carbocycles. The van der Waals surface area contributed by atoms with Crippen molar-refractivity contribution in [3.63, 3.8) is 0 Å². The molecule has 2 N–H and O–H groups in total. The minimum atomic E-state index is -0.103. The monoisotopic (exact) mass is 454 g/mol. The summed E-state index contributed by atoms with van der Waals surface area (Å²) in [4.78, 5) is 20.9. The van der Waals surface area contributed by atoms with Gasteiger partial charge in [-0.15, -0.1) is 5.10 Å². The summed E-state index contributed by atoms with van der Waals surface area (Å²) in [6.07, 6.45) is 0.630. The zero-order valence-corrected chi connectivity index (χ0v) is 18.2. The van der Waals surface area contributed by atoms with E-state index < -0.39 is 0 Å². The Kier molecular flexibility index (Phi) is 6.63. The normalized spacial score (nSPS) is 10.9. The molecule has 0 aliphatic rings. The first-order chi connectivity index (χ1) is 15.0. The summed E-state index contributed by atoms with van der Waals surface area (Å²) in [5.41, 5.74) is 2.80. The summed E-state index contributed by atoms with van der Waals surface area (Å²) >= 11 is 7.30. The van der Waals surface area contributed by atoms with Crippen LogP contribution in [0.2, 0.25) is 5.02 Å². The fraction of sp³-hybridized carbons (Fsp3) is 0.190. The molecule has 0 aliphatic carbocycles. The number of carbonyl (C=O) groups excluding carboxylic acids is 1. The van der Waals surface area contributed by atoms with Gasteiger partial charge in [0, 0.05) is 29.1 Å². The van der Waals surface area contributed by atoms with Crippen molar-refractivity contribution >= 4 is 35.0 Å². The van der Waals surface area contributed by atoms with Crippen molar-refractivity contribution in [1.29, 1.82) is 0 Å². The number of nitrogens with one attached hydrogen (secondary N) is 2. The summed E-state index contributed by atoms with van der Waals surface area (Å²) < 4.78 is 5.24. The number of amides is 1. The molecule has 4 aromatic rings. The van der Waals surface area contributed by atoms with E-state index >= 15 is 0 Å². The first kappa shape index (κ1) is 21.1. The Balaban J connectivity index is 1.25. The van der Waals surface area contributed by atoms with Crippen LogP contribution in [0.25, 0.3) is 11.4 Å². The summed E-state index contributed by atoms with van der Waals surface area (Å²) in [5.74, 6) is 1.96. The average Bonchev–Trinajstić information content (AvgIpc) is 3.42. The van der Waals surface area contributed by atoms with Gasteiger partial charge in [0.25, 0.3) is 0 Å². The zero-order valence-electron chi connectivity index (χ0n) is 16.6. The van der Waals surface area contributed by atoms with Gasteiger partial charge >= 0.3 is 0 Å². The molecule has 31 heavy (non-hydrogen) atoms. The lowest BCUT2D eigenvalue weighted by Gasteiger charge is -2.04.